The summed E-state index contributed by atoms with van der Waals surface area (Å²) in [5, 5.41) is 1.71. The van der Waals surface area contributed by atoms with Gasteiger partial charge >= 0.3 is 0 Å². The minimum Gasteiger partial charge on any atom is -0.317 e. The molecule has 0 aliphatic carbocycles. The molecule has 0 N–H and O–H groups in total. The van der Waals surface area contributed by atoms with Gasteiger partial charge in [0.1, 0.15) is 0 Å². The summed E-state index contributed by atoms with van der Waals surface area (Å²) in [5.74, 6) is 0. The molecule has 46 heavy (non-hydrogen) atoms. The van der Waals surface area contributed by atoms with E-state index in [1.165, 1.54) is 33.6 Å². The van der Waals surface area contributed by atoms with Gasteiger partial charge in [0.25, 0.3) is 0 Å². The van der Waals surface area contributed by atoms with Gasteiger partial charge in [-0.05, 0) is 98.7 Å². The zero-order valence-electron chi connectivity index (χ0n) is 30.2. The van der Waals surface area contributed by atoms with Gasteiger partial charge in [0, 0.05) is 48.9 Å². The summed E-state index contributed by atoms with van der Waals surface area (Å²) < 4.78 is 0. The molecule has 0 aromatic heterocycles. The Kier molecular flexibility index (Phi) is 8.92. The normalized spacial score (nSPS) is 16.7. The summed E-state index contributed by atoms with van der Waals surface area (Å²) in [5.41, 5.74) is 10.1. The number of nitrogens with zero attached hydrogens (tertiary/aromatic N) is 4. The molecule has 6 heteroatoms. The van der Waals surface area contributed by atoms with Gasteiger partial charge in [0.05, 0.1) is 0 Å². The summed E-state index contributed by atoms with van der Waals surface area (Å²) >= 11 is 12.4. The van der Waals surface area contributed by atoms with Crippen molar-refractivity contribution >= 4 is 57.4 Å². The topological polar surface area (TPSA) is 13.0 Å². The SMILES string of the molecule is CC(C)(C)c1ccc(C(C)(C)C)c(N2CCN(c3cccc(N4CCN(c5cc(C(C)(C)C)ccc5C(C)(C)C)C4=S)c3)C2=S)c1. The van der Waals surface area contributed by atoms with Crippen molar-refractivity contribution in [3.63, 3.8) is 0 Å². The first-order valence-electron chi connectivity index (χ1n) is 16.8. The summed E-state index contributed by atoms with van der Waals surface area (Å²) in [4.78, 5) is 9.26. The van der Waals surface area contributed by atoms with E-state index < -0.39 is 0 Å². The summed E-state index contributed by atoms with van der Waals surface area (Å²) in [6, 6.07) is 22.7. The lowest BCUT2D eigenvalue weighted by Gasteiger charge is -2.32. The third-order valence-electron chi connectivity index (χ3n) is 9.40. The Bertz CT molecular complexity index is 1530. The van der Waals surface area contributed by atoms with Crippen LogP contribution in [0.5, 0.6) is 0 Å². The smallest absolute Gasteiger partial charge is 0.180 e. The molecule has 0 amide bonds. The molecule has 0 saturated carbocycles. The second-order valence-corrected chi connectivity index (χ2v) is 17.9. The van der Waals surface area contributed by atoms with Gasteiger partial charge in [-0.2, -0.15) is 0 Å². The summed E-state index contributed by atoms with van der Waals surface area (Å²) in [7, 11) is 0. The molecule has 2 aliphatic heterocycles. The van der Waals surface area contributed by atoms with Crippen molar-refractivity contribution in [2.45, 2.75) is 105 Å². The van der Waals surface area contributed by atoms with Crippen molar-refractivity contribution in [2.24, 2.45) is 0 Å². The average molecular weight is 655 g/mol. The van der Waals surface area contributed by atoms with Crippen molar-refractivity contribution in [1.29, 1.82) is 0 Å². The largest absolute Gasteiger partial charge is 0.317 e. The monoisotopic (exact) mass is 654 g/mol. The minimum atomic E-state index is 0.00523. The Balaban J connectivity index is 1.44. The first-order chi connectivity index (χ1) is 21.2. The highest BCUT2D eigenvalue weighted by atomic mass is 32.1. The maximum atomic E-state index is 6.22. The van der Waals surface area contributed by atoms with Crippen LogP contribution in [0.2, 0.25) is 0 Å². The Morgan fingerprint density at radius 1 is 0.435 bits per heavy atom. The van der Waals surface area contributed by atoms with Crippen LogP contribution in [0.1, 0.15) is 105 Å². The van der Waals surface area contributed by atoms with Crippen LogP contribution in [0.25, 0.3) is 0 Å². The molecule has 5 rings (SSSR count). The maximum Gasteiger partial charge on any atom is 0.180 e. The quantitative estimate of drug-likeness (QED) is 0.258. The van der Waals surface area contributed by atoms with E-state index in [1.54, 1.807) is 0 Å². The van der Waals surface area contributed by atoms with Crippen molar-refractivity contribution < 1.29 is 0 Å². The molecule has 0 unspecified atom stereocenters. The number of rotatable bonds is 4. The third-order valence-corrected chi connectivity index (χ3v) is 10.3. The average Bonchev–Trinajstić information content (AvgIpc) is 3.52. The fourth-order valence-electron chi connectivity index (χ4n) is 6.54. The predicted molar refractivity (Wildman–Crippen MR) is 209 cm³/mol. The molecule has 3 aromatic carbocycles. The number of thiocarbonyl (C=S) groups is 2. The van der Waals surface area contributed by atoms with Crippen molar-refractivity contribution in [3.05, 3.63) is 82.9 Å². The first kappa shape index (κ1) is 34.4. The second-order valence-electron chi connectivity index (χ2n) is 17.2. The molecule has 4 nitrogen and oxygen atoms in total. The highest BCUT2D eigenvalue weighted by Crippen LogP contribution is 2.40. The number of hydrogen-bond donors (Lipinski definition) is 0. The van der Waals surface area contributed by atoms with Gasteiger partial charge in [-0.15, -0.1) is 0 Å². The van der Waals surface area contributed by atoms with Crippen LogP contribution in [-0.4, -0.2) is 36.4 Å². The van der Waals surface area contributed by atoms with Crippen LogP contribution in [0.3, 0.4) is 0 Å². The first-order valence-corrected chi connectivity index (χ1v) is 17.6. The third kappa shape index (κ3) is 6.71. The number of benzene rings is 3. The van der Waals surface area contributed by atoms with E-state index in [0.29, 0.717) is 0 Å². The van der Waals surface area contributed by atoms with Gasteiger partial charge in [0.2, 0.25) is 0 Å². The molecule has 2 saturated heterocycles. The maximum absolute atomic E-state index is 6.22. The fraction of sp³-hybridized carbons (Fsp3) is 0.500. The van der Waals surface area contributed by atoms with E-state index in [-0.39, 0.29) is 21.7 Å². The van der Waals surface area contributed by atoms with Gasteiger partial charge < -0.3 is 19.6 Å². The van der Waals surface area contributed by atoms with Crippen LogP contribution in [-0.2, 0) is 21.7 Å². The van der Waals surface area contributed by atoms with E-state index in [0.717, 1.165) is 47.8 Å². The molecule has 0 bridgehead atoms. The molecular formula is C40H54N4S2. The van der Waals surface area contributed by atoms with Crippen molar-refractivity contribution in [3.8, 4) is 0 Å². The van der Waals surface area contributed by atoms with Crippen LogP contribution in [0, 0.1) is 0 Å². The Morgan fingerprint density at radius 3 is 1.11 bits per heavy atom. The lowest BCUT2D eigenvalue weighted by molar-refractivity contribution is 0.577. The predicted octanol–water partition coefficient (Wildman–Crippen LogP) is 10.1. The molecular weight excluding hydrogens is 601 g/mol. The standard InChI is InChI=1S/C40H54N4S2/c1-37(2,3)27-16-18-31(39(7,8)9)33(24-27)43-22-20-41(35(43)45)29-14-13-15-30(26-29)42-21-23-44(36(42)46)34-25-28(38(4,5)6)17-19-32(34)40(10,11)12/h13-19,24-26H,20-23H2,1-12H3. The summed E-state index contributed by atoms with van der Waals surface area (Å²) in [6.07, 6.45) is 0. The Hall–Kier alpha value is -2.96. The highest BCUT2D eigenvalue weighted by molar-refractivity contribution is 7.81. The Labute approximate surface area is 289 Å². The van der Waals surface area contributed by atoms with Crippen molar-refractivity contribution in [1.82, 2.24) is 0 Å². The van der Waals surface area contributed by atoms with E-state index in [4.69, 9.17) is 24.4 Å². The van der Waals surface area contributed by atoms with Crippen LogP contribution < -0.4 is 19.6 Å². The second kappa shape index (κ2) is 11.9. The van der Waals surface area contributed by atoms with Gasteiger partial charge in [-0.3, -0.25) is 0 Å². The molecule has 2 heterocycles. The van der Waals surface area contributed by atoms with Gasteiger partial charge in [-0.1, -0.05) is 113 Å². The molecule has 2 aliphatic rings. The zero-order valence-corrected chi connectivity index (χ0v) is 31.8. The Morgan fingerprint density at radius 2 is 0.783 bits per heavy atom. The van der Waals surface area contributed by atoms with Crippen molar-refractivity contribution in [2.75, 3.05) is 45.8 Å². The van der Waals surface area contributed by atoms with E-state index in [9.17, 15) is 0 Å². The van der Waals surface area contributed by atoms with Gasteiger partial charge in [0.15, 0.2) is 10.2 Å². The molecule has 0 spiro atoms. The number of hydrogen-bond acceptors (Lipinski definition) is 2. The molecule has 0 radical (unpaired) electrons. The van der Waals surface area contributed by atoms with Gasteiger partial charge in [-0.25, -0.2) is 0 Å². The summed E-state index contributed by atoms with van der Waals surface area (Å²) in [6.45, 7) is 30.8. The molecule has 0 atom stereocenters. The van der Waals surface area contributed by atoms with E-state index in [1.807, 2.05) is 0 Å². The van der Waals surface area contributed by atoms with E-state index >= 15 is 0 Å². The molecule has 3 aromatic rings. The lowest BCUT2D eigenvalue weighted by atomic mass is 9.81. The van der Waals surface area contributed by atoms with Crippen LogP contribution in [0.15, 0.2) is 60.7 Å². The van der Waals surface area contributed by atoms with Crippen LogP contribution in [0.4, 0.5) is 22.7 Å². The lowest BCUT2D eigenvalue weighted by Crippen LogP contribution is -2.34. The number of anilines is 4. The molecule has 246 valence electrons. The highest BCUT2D eigenvalue weighted by Gasteiger charge is 2.35. The minimum absolute atomic E-state index is 0.00523. The molecule has 2 fully saturated rings. The van der Waals surface area contributed by atoms with E-state index in [2.05, 4.69) is 163 Å². The fourth-order valence-corrected chi connectivity index (χ4v) is 7.31. The van der Waals surface area contributed by atoms with Crippen LogP contribution >= 0.6 is 24.4 Å². The zero-order chi connectivity index (χ0) is 34.0.